The van der Waals surface area contributed by atoms with Crippen LogP contribution >= 0.6 is 12.4 Å². The van der Waals surface area contributed by atoms with Gasteiger partial charge in [0.05, 0.1) is 39.5 Å². The first kappa shape index (κ1) is 25.8. The maximum Gasteiger partial charge on any atom is 0.235 e. The number of benzene rings is 1. The number of likely N-dealkylation sites (tertiary alicyclic amines) is 1. The third-order valence-corrected chi connectivity index (χ3v) is 6.72. The van der Waals surface area contributed by atoms with Crippen LogP contribution in [0.25, 0.3) is 0 Å². The first-order valence-electron chi connectivity index (χ1n) is 10.5. The summed E-state index contributed by atoms with van der Waals surface area (Å²) in [5, 5.41) is 7.60. The number of carbonyl (C=O) groups excluding carboxylic acids is 2. The molecule has 3 heterocycles. The lowest BCUT2D eigenvalue weighted by molar-refractivity contribution is -0.870. The van der Waals surface area contributed by atoms with E-state index in [1.54, 1.807) is 0 Å². The third kappa shape index (κ3) is 4.67. The van der Waals surface area contributed by atoms with E-state index in [0.29, 0.717) is 12.1 Å². The highest BCUT2D eigenvalue weighted by molar-refractivity contribution is 6.06. The molecular weight excluding hydrogens is 482 g/mol. The number of halogens is 2. The van der Waals surface area contributed by atoms with Crippen LogP contribution in [0.4, 0.5) is 0 Å². The summed E-state index contributed by atoms with van der Waals surface area (Å²) in [7, 11) is 6.37. The van der Waals surface area contributed by atoms with Crippen molar-refractivity contribution in [2.45, 2.75) is 31.3 Å². The number of nitrogens with one attached hydrogen (secondary N) is 1. The van der Waals surface area contributed by atoms with Gasteiger partial charge in [0.15, 0.2) is 0 Å². The van der Waals surface area contributed by atoms with Crippen LogP contribution in [0.3, 0.4) is 0 Å². The summed E-state index contributed by atoms with van der Waals surface area (Å²) in [6, 6.07) is 7.73. The van der Waals surface area contributed by atoms with Gasteiger partial charge in [-0.1, -0.05) is 24.3 Å². The van der Waals surface area contributed by atoms with Crippen molar-refractivity contribution in [2.24, 2.45) is 17.6 Å². The molecular formula is C22H33BrClN5O2. The van der Waals surface area contributed by atoms with Crippen molar-refractivity contribution >= 4 is 30.1 Å². The average molecular weight is 515 g/mol. The fraction of sp³-hybridized carbons (Fsp3) is 0.591. The summed E-state index contributed by atoms with van der Waals surface area (Å²) in [5.41, 5.74) is 7.31. The van der Waals surface area contributed by atoms with Crippen molar-refractivity contribution in [3.8, 4) is 0 Å². The minimum atomic E-state index is -0.292. The Hall–Kier alpha value is -1.48. The molecule has 3 aliphatic rings. The van der Waals surface area contributed by atoms with E-state index in [2.05, 4.69) is 26.0 Å². The van der Waals surface area contributed by atoms with Crippen LogP contribution < -0.4 is 22.7 Å². The Bertz CT molecular complexity index is 841. The Morgan fingerprint density at radius 1 is 1.13 bits per heavy atom. The van der Waals surface area contributed by atoms with Gasteiger partial charge in [-0.25, -0.2) is 0 Å². The highest BCUT2D eigenvalue weighted by Crippen LogP contribution is 2.53. The molecule has 4 atom stereocenters. The summed E-state index contributed by atoms with van der Waals surface area (Å²) < 4.78 is 0.824. The molecule has 0 spiro atoms. The standard InChI is InChI=1S/C22H32N5O2.BrH.ClH/c1-27(2,3)13-5-12-26-21(28)17-16-6-4-11-25(16)19(18(17)22(26)29)14-7-9-15(10-8-14)20(23)24;;/h7-10,16-19H,4-6,11-13H2,1-3H3,(H3,23,24);2*1H/q+1;;/p-1/t16-,17-,18-,19-;;/m0../s1. The Labute approximate surface area is 201 Å². The van der Waals surface area contributed by atoms with Crippen LogP contribution in [-0.2, 0) is 9.59 Å². The molecule has 3 N–H and O–H groups in total. The predicted octanol–water partition coefficient (Wildman–Crippen LogP) is -1.39. The van der Waals surface area contributed by atoms with Crippen molar-refractivity contribution in [1.29, 1.82) is 5.41 Å². The Balaban J connectivity index is 0.00000171. The van der Waals surface area contributed by atoms with Gasteiger partial charge >= 0.3 is 0 Å². The van der Waals surface area contributed by atoms with E-state index in [0.717, 1.165) is 42.4 Å². The van der Waals surface area contributed by atoms with Crippen molar-refractivity contribution < 1.29 is 31.1 Å². The van der Waals surface area contributed by atoms with Crippen LogP contribution in [0.5, 0.6) is 0 Å². The topological polar surface area (TPSA) is 90.5 Å². The summed E-state index contributed by atoms with van der Waals surface area (Å²) in [4.78, 5) is 30.5. The molecule has 3 fully saturated rings. The number of imide groups is 1. The van der Waals surface area contributed by atoms with Crippen LogP contribution in [0.2, 0.25) is 0 Å². The van der Waals surface area contributed by atoms with Crippen LogP contribution in [0.1, 0.15) is 36.4 Å². The SMILES string of the molecule is C[N+](C)(C)CCCN1C(=O)[C@@H]2[C@H](C1=O)[C@H](c1ccc(C(=N)N)cc1)N1CCC[C@@H]21.Cl.[Br-]. The molecule has 31 heavy (non-hydrogen) atoms. The van der Waals surface area contributed by atoms with E-state index in [4.69, 9.17) is 11.1 Å². The maximum absolute atomic E-state index is 13.4. The number of nitrogen functional groups attached to an aromatic ring is 1. The van der Waals surface area contributed by atoms with E-state index >= 15 is 0 Å². The zero-order valence-corrected chi connectivity index (χ0v) is 20.8. The van der Waals surface area contributed by atoms with Gasteiger partial charge in [-0.15, -0.1) is 12.4 Å². The molecule has 0 aromatic heterocycles. The number of rotatable bonds is 6. The Kier molecular flexibility index (Phi) is 7.95. The number of nitrogens with two attached hydrogens (primary N) is 1. The largest absolute Gasteiger partial charge is 1.00 e. The van der Waals surface area contributed by atoms with Crippen molar-refractivity contribution in [1.82, 2.24) is 9.80 Å². The molecule has 3 aliphatic heterocycles. The average Bonchev–Trinajstić information content (AvgIpc) is 3.29. The smallest absolute Gasteiger partial charge is 0.235 e. The van der Waals surface area contributed by atoms with Crippen LogP contribution in [0.15, 0.2) is 24.3 Å². The van der Waals surface area contributed by atoms with Crippen LogP contribution in [-0.4, -0.2) is 78.8 Å². The molecule has 0 radical (unpaired) electrons. The normalized spacial score (nSPS) is 27.5. The zero-order valence-electron chi connectivity index (χ0n) is 18.4. The summed E-state index contributed by atoms with van der Waals surface area (Å²) in [6.07, 6.45) is 2.88. The minimum Gasteiger partial charge on any atom is -1.00 e. The third-order valence-electron chi connectivity index (χ3n) is 6.72. The van der Waals surface area contributed by atoms with E-state index in [1.807, 2.05) is 24.3 Å². The number of quaternary nitrogens is 1. The second-order valence-corrected chi connectivity index (χ2v) is 9.68. The molecule has 7 nitrogen and oxygen atoms in total. The Morgan fingerprint density at radius 3 is 2.32 bits per heavy atom. The molecule has 1 aromatic carbocycles. The fourth-order valence-electron chi connectivity index (χ4n) is 5.45. The quantitative estimate of drug-likeness (QED) is 0.212. The summed E-state index contributed by atoms with van der Waals surface area (Å²) >= 11 is 0. The van der Waals surface area contributed by atoms with E-state index < -0.39 is 0 Å². The number of amides is 2. The monoisotopic (exact) mass is 513 g/mol. The number of carbonyl (C=O) groups is 2. The molecule has 0 aliphatic carbocycles. The molecule has 172 valence electrons. The molecule has 9 heteroatoms. The number of nitrogens with zero attached hydrogens (tertiary/aromatic N) is 3. The first-order valence-corrected chi connectivity index (χ1v) is 10.5. The van der Waals surface area contributed by atoms with E-state index in [-0.39, 0.29) is 71.0 Å². The van der Waals surface area contributed by atoms with Crippen LogP contribution in [0, 0.1) is 17.2 Å². The fourth-order valence-corrected chi connectivity index (χ4v) is 5.45. The van der Waals surface area contributed by atoms with Gasteiger partial charge in [0.1, 0.15) is 5.84 Å². The number of hydrogen-bond acceptors (Lipinski definition) is 4. The molecule has 0 bridgehead atoms. The molecule has 3 saturated heterocycles. The highest BCUT2D eigenvalue weighted by Gasteiger charge is 2.62. The maximum atomic E-state index is 13.4. The predicted molar refractivity (Wildman–Crippen MR) is 118 cm³/mol. The molecule has 2 amide bonds. The van der Waals surface area contributed by atoms with Gasteiger partial charge in [-0.2, -0.15) is 0 Å². The van der Waals surface area contributed by atoms with Crippen molar-refractivity contribution in [2.75, 3.05) is 40.8 Å². The molecule has 4 rings (SSSR count). The van der Waals surface area contributed by atoms with E-state index in [9.17, 15) is 9.59 Å². The highest BCUT2D eigenvalue weighted by atomic mass is 79.9. The lowest BCUT2D eigenvalue weighted by Gasteiger charge is -2.29. The van der Waals surface area contributed by atoms with Crippen molar-refractivity contribution in [3.05, 3.63) is 35.4 Å². The van der Waals surface area contributed by atoms with Crippen molar-refractivity contribution in [3.63, 3.8) is 0 Å². The van der Waals surface area contributed by atoms with E-state index in [1.165, 1.54) is 4.90 Å². The molecule has 0 unspecified atom stereocenters. The second-order valence-electron chi connectivity index (χ2n) is 9.68. The molecule has 1 aromatic rings. The van der Waals surface area contributed by atoms with Gasteiger partial charge in [-0.3, -0.25) is 24.8 Å². The van der Waals surface area contributed by atoms with Gasteiger partial charge in [0.25, 0.3) is 0 Å². The van der Waals surface area contributed by atoms with Gasteiger partial charge < -0.3 is 27.2 Å². The van der Waals surface area contributed by atoms with Gasteiger partial charge in [-0.05, 0) is 24.9 Å². The number of amidine groups is 1. The van der Waals surface area contributed by atoms with Gasteiger partial charge in [0.2, 0.25) is 11.8 Å². The number of fused-ring (bicyclic) bond motifs is 3. The molecule has 0 saturated carbocycles. The number of hydrogen-bond donors (Lipinski definition) is 2. The summed E-state index contributed by atoms with van der Waals surface area (Å²) in [6.45, 7) is 2.37. The summed E-state index contributed by atoms with van der Waals surface area (Å²) in [5.74, 6) is -0.445. The second kappa shape index (κ2) is 9.57. The Morgan fingerprint density at radius 2 is 1.74 bits per heavy atom. The lowest BCUT2D eigenvalue weighted by atomic mass is 9.85. The lowest BCUT2D eigenvalue weighted by Crippen LogP contribution is -3.00. The van der Waals surface area contributed by atoms with Gasteiger partial charge in [0, 0.05) is 30.6 Å². The minimum absolute atomic E-state index is 0. The zero-order chi connectivity index (χ0) is 20.9. The first-order chi connectivity index (χ1) is 13.7.